The van der Waals surface area contributed by atoms with Crippen molar-refractivity contribution < 1.29 is 38.1 Å². The number of ether oxygens (including phenoxy) is 4. The van der Waals surface area contributed by atoms with E-state index in [4.69, 9.17) is 18.9 Å². The van der Waals surface area contributed by atoms with Crippen LogP contribution in [0.4, 0.5) is 0 Å². The first-order valence-corrected chi connectivity index (χ1v) is 11.0. The van der Waals surface area contributed by atoms with Crippen LogP contribution >= 0.6 is 0 Å². The van der Waals surface area contributed by atoms with Gasteiger partial charge in [0.2, 0.25) is 0 Å². The van der Waals surface area contributed by atoms with E-state index in [0.717, 1.165) is 10.5 Å². The third-order valence-electron chi connectivity index (χ3n) is 5.52. The number of fused-ring (bicyclic) bond motifs is 1. The van der Waals surface area contributed by atoms with E-state index in [-0.39, 0.29) is 37.7 Å². The zero-order valence-corrected chi connectivity index (χ0v) is 20.1. The highest BCUT2D eigenvalue weighted by Crippen LogP contribution is 2.34. The van der Waals surface area contributed by atoms with Gasteiger partial charge in [-0.3, -0.25) is 24.1 Å². The molecule has 0 spiro atoms. The molecule has 10 heteroatoms. The Bertz CT molecular complexity index is 1140. The summed E-state index contributed by atoms with van der Waals surface area (Å²) in [5.74, 6) is -0.359. The number of carbonyl (C=O) groups is 4. The standard InChI is InChI=1S/C25H28N2O8/c1-15-7-8-17-18(10-15)25(31)27(24(17)30)9-5-6-23(29)35-14-22(28)26-13-16-11-20(33-3)21(34-4)12-19(16)32-2/h7-8,10-12H,5-6,9,13-14H2,1-4H3,(H,26,28). The van der Waals surface area contributed by atoms with E-state index < -0.39 is 18.5 Å². The maximum absolute atomic E-state index is 12.5. The van der Waals surface area contributed by atoms with E-state index in [1.807, 2.05) is 6.92 Å². The first kappa shape index (κ1) is 25.5. The second-order valence-electron chi connectivity index (χ2n) is 7.87. The van der Waals surface area contributed by atoms with E-state index in [1.165, 1.54) is 21.3 Å². The molecule has 1 heterocycles. The van der Waals surface area contributed by atoms with E-state index >= 15 is 0 Å². The van der Waals surface area contributed by atoms with Crippen LogP contribution in [0.2, 0.25) is 0 Å². The van der Waals surface area contributed by atoms with Crippen molar-refractivity contribution >= 4 is 23.7 Å². The van der Waals surface area contributed by atoms with Gasteiger partial charge in [-0.05, 0) is 31.5 Å². The van der Waals surface area contributed by atoms with Crippen LogP contribution in [0.3, 0.4) is 0 Å². The maximum atomic E-state index is 12.5. The van der Waals surface area contributed by atoms with E-state index in [9.17, 15) is 19.2 Å². The minimum Gasteiger partial charge on any atom is -0.496 e. The SMILES string of the molecule is COc1cc(OC)c(OC)cc1CNC(=O)COC(=O)CCCN1C(=O)c2ccc(C)cc2C1=O. The predicted molar refractivity (Wildman–Crippen MR) is 125 cm³/mol. The van der Waals surface area contributed by atoms with Crippen molar-refractivity contribution in [1.29, 1.82) is 0 Å². The Morgan fingerprint density at radius 1 is 0.886 bits per heavy atom. The summed E-state index contributed by atoms with van der Waals surface area (Å²) >= 11 is 0. The van der Waals surface area contributed by atoms with Crippen molar-refractivity contribution in [2.24, 2.45) is 0 Å². The number of carbonyl (C=O) groups excluding carboxylic acids is 4. The molecule has 0 bridgehead atoms. The van der Waals surface area contributed by atoms with Crippen molar-refractivity contribution in [2.75, 3.05) is 34.5 Å². The fraction of sp³-hybridized carbons (Fsp3) is 0.360. The van der Waals surface area contributed by atoms with Crippen LogP contribution in [0.1, 0.15) is 44.7 Å². The number of amides is 3. The van der Waals surface area contributed by atoms with E-state index in [0.29, 0.717) is 33.9 Å². The van der Waals surface area contributed by atoms with Gasteiger partial charge in [-0.15, -0.1) is 0 Å². The van der Waals surface area contributed by atoms with Gasteiger partial charge in [0.25, 0.3) is 17.7 Å². The molecule has 0 atom stereocenters. The highest BCUT2D eigenvalue weighted by molar-refractivity contribution is 6.21. The van der Waals surface area contributed by atoms with Gasteiger partial charge in [-0.2, -0.15) is 0 Å². The lowest BCUT2D eigenvalue weighted by Gasteiger charge is -2.15. The lowest BCUT2D eigenvalue weighted by molar-refractivity contribution is -0.148. The second kappa shape index (κ2) is 11.4. The molecular weight excluding hydrogens is 456 g/mol. The summed E-state index contributed by atoms with van der Waals surface area (Å²) in [6, 6.07) is 8.42. The molecule has 0 fully saturated rings. The van der Waals surface area contributed by atoms with Crippen LogP contribution < -0.4 is 19.5 Å². The normalized spacial score (nSPS) is 12.3. The fourth-order valence-corrected chi connectivity index (χ4v) is 3.68. The number of hydrogen-bond acceptors (Lipinski definition) is 8. The third kappa shape index (κ3) is 5.89. The fourth-order valence-electron chi connectivity index (χ4n) is 3.68. The van der Waals surface area contributed by atoms with Gasteiger partial charge in [0.15, 0.2) is 18.1 Å². The van der Waals surface area contributed by atoms with Gasteiger partial charge in [0.1, 0.15) is 5.75 Å². The number of imide groups is 1. The number of nitrogens with one attached hydrogen (secondary N) is 1. The topological polar surface area (TPSA) is 120 Å². The highest BCUT2D eigenvalue weighted by atomic mass is 16.5. The average molecular weight is 485 g/mol. The number of aryl methyl sites for hydroxylation is 1. The maximum Gasteiger partial charge on any atom is 0.306 e. The lowest BCUT2D eigenvalue weighted by Crippen LogP contribution is -2.31. The molecule has 0 aromatic heterocycles. The molecule has 0 aliphatic carbocycles. The molecule has 10 nitrogen and oxygen atoms in total. The van der Waals surface area contributed by atoms with Crippen molar-refractivity contribution in [2.45, 2.75) is 26.3 Å². The van der Waals surface area contributed by atoms with Crippen LogP contribution in [0, 0.1) is 6.92 Å². The van der Waals surface area contributed by atoms with Gasteiger partial charge in [-0.1, -0.05) is 11.6 Å². The molecule has 0 saturated heterocycles. The van der Waals surface area contributed by atoms with Gasteiger partial charge in [0, 0.05) is 31.1 Å². The largest absolute Gasteiger partial charge is 0.496 e. The van der Waals surface area contributed by atoms with E-state index in [1.54, 1.807) is 30.3 Å². The van der Waals surface area contributed by atoms with Crippen molar-refractivity contribution in [3.8, 4) is 17.2 Å². The number of benzene rings is 2. The molecule has 1 aliphatic heterocycles. The molecule has 3 amide bonds. The van der Waals surface area contributed by atoms with Crippen LogP contribution in [0.15, 0.2) is 30.3 Å². The molecule has 0 radical (unpaired) electrons. The first-order chi connectivity index (χ1) is 16.8. The molecule has 3 rings (SSSR count). The summed E-state index contributed by atoms with van der Waals surface area (Å²) < 4.78 is 20.8. The van der Waals surface area contributed by atoms with Crippen LogP contribution in [-0.2, 0) is 20.9 Å². The molecule has 35 heavy (non-hydrogen) atoms. The summed E-state index contributed by atoms with van der Waals surface area (Å²) in [6.45, 7) is 1.60. The first-order valence-electron chi connectivity index (χ1n) is 11.0. The quantitative estimate of drug-likeness (QED) is 0.381. The predicted octanol–water partition coefficient (Wildman–Crippen LogP) is 2.26. The smallest absolute Gasteiger partial charge is 0.306 e. The summed E-state index contributed by atoms with van der Waals surface area (Å²) in [7, 11) is 4.51. The average Bonchev–Trinajstić information content (AvgIpc) is 3.09. The van der Waals surface area contributed by atoms with Crippen LogP contribution in [-0.4, -0.2) is 63.1 Å². The minimum absolute atomic E-state index is 0.0385. The van der Waals surface area contributed by atoms with Crippen molar-refractivity contribution in [3.05, 3.63) is 52.6 Å². The molecule has 2 aromatic rings. The Morgan fingerprint density at radius 3 is 2.23 bits per heavy atom. The minimum atomic E-state index is -0.601. The zero-order chi connectivity index (χ0) is 25.5. The van der Waals surface area contributed by atoms with Gasteiger partial charge < -0.3 is 24.3 Å². The molecule has 1 N–H and O–H groups in total. The summed E-state index contributed by atoms with van der Waals surface area (Å²) in [6.07, 6.45) is 0.191. The Morgan fingerprint density at radius 2 is 1.54 bits per heavy atom. The van der Waals surface area contributed by atoms with Crippen LogP contribution in [0.5, 0.6) is 17.2 Å². The zero-order valence-electron chi connectivity index (χ0n) is 20.1. The summed E-state index contributed by atoms with van der Waals surface area (Å²) in [5, 5.41) is 2.65. The molecule has 1 aliphatic rings. The number of hydrogen-bond donors (Lipinski definition) is 1. The van der Waals surface area contributed by atoms with Crippen molar-refractivity contribution in [3.63, 3.8) is 0 Å². The Hall–Kier alpha value is -4.08. The Balaban J connectivity index is 1.42. The molecular formula is C25H28N2O8. The number of nitrogens with zero attached hydrogens (tertiary/aromatic N) is 1. The number of methoxy groups -OCH3 is 3. The van der Waals surface area contributed by atoms with E-state index in [2.05, 4.69) is 5.32 Å². The molecule has 2 aromatic carbocycles. The van der Waals surface area contributed by atoms with Gasteiger partial charge >= 0.3 is 5.97 Å². The van der Waals surface area contributed by atoms with Gasteiger partial charge in [-0.25, -0.2) is 0 Å². The molecule has 0 saturated carbocycles. The summed E-state index contributed by atoms with van der Waals surface area (Å²) in [5.41, 5.74) is 2.28. The highest BCUT2D eigenvalue weighted by Gasteiger charge is 2.35. The van der Waals surface area contributed by atoms with Crippen molar-refractivity contribution in [1.82, 2.24) is 10.2 Å². The van der Waals surface area contributed by atoms with Gasteiger partial charge in [0.05, 0.1) is 32.5 Å². The lowest BCUT2D eigenvalue weighted by atomic mass is 10.1. The number of rotatable bonds is 11. The molecule has 0 unspecified atom stereocenters. The Kier molecular flexibility index (Phi) is 8.30. The third-order valence-corrected chi connectivity index (χ3v) is 5.52. The molecule has 186 valence electrons. The Labute approximate surface area is 203 Å². The summed E-state index contributed by atoms with van der Waals surface area (Å²) in [4.78, 5) is 50.2. The monoisotopic (exact) mass is 484 g/mol. The van der Waals surface area contributed by atoms with Crippen LogP contribution in [0.25, 0.3) is 0 Å². The number of esters is 1. The second-order valence-corrected chi connectivity index (χ2v) is 7.87.